The molecule has 1 aromatic carbocycles. The molecule has 2 atom stereocenters. The summed E-state index contributed by atoms with van der Waals surface area (Å²) in [5.41, 5.74) is 2.06. The number of amides is 1. The Kier molecular flexibility index (Phi) is 4.56. The van der Waals surface area contributed by atoms with Crippen molar-refractivity contribution in [3.05, 3.63) is 29.8 Å². The summed E-state index contributed by atoms with van der Waals surface area (Å²) in [6.45, 7) is 8.34. The molecule has 1 amide bonds. The maximum Gasteiger partial charge on any atom is 0.221 e. The summed E-state index contributed by atoms with van der Waals surface area (Å²) in [7, 11) is 0. The lowest BCUT2D eigenvalue weighted by Gasteiger charge is -2.37. The molecule has 19 heavy (non-hydrogen) atoms. The van der Waals surface area contributed by atoms with Gasteiger partial charge in [0.05, 0.1) is 12.7 Å². The molecule has 0 bridgehead atoms. The van der Waals surface area contributed by atoms with Gasteiger partial charge in [0.15, 0.2) is 0 Å². The van der Waals surface area contributed by atoms with Gasteiger partial charge in [-0.2, -0.15) is 0 Å². The summed E-state index contributed by atoms with van der Waals surface area (Å²) >= 11 is 0. The first kappa shape index (κ1) is 14.0. The van der Waals surface area contributed by atoms with Crippen LogP contribution in [0.4, 0.5) is 5.69 Å². The third-order valence-corrected chi connectivity index (χ3v) is 3.44. The minimum Gasteiger partial charge on any atom is -0.376 e. The van der Waals surface area contributed by atoms with Crippen LogP contribution in [0.25, 0.3) is 0 Å². The molecule has 104 valence electrons. The van der Waals surface area contributed by atoms with Gasteiger partial charge >= 0.3 is 0 Å². The van der Waals surface area contributed by atoms with Crippen LogP contribution in [0.5, 0.6) is 0 Å². The van der Waals surface area contributed by atoms with Gasteiger partial charge in [-0.25, -0.2) is 0 Å². The third-order valence-electron chi connectivity index (χ3n) is 3.44. The number of nitrogens with one attached hydrogen (secondary N) is 1. The summed E-state index contributed by atoms with van der Waals surface area (Å²) < 4.78 is 5.64. The molecule has 0 saturated carbocycles. The Morgan fingerprint density at radius 3 is 2.89 bits per heavy atom. The van der Waals surface area contributed by atoms with Crippen molar-refractivity contribution in [3.8, 4) is 0 Å². The molecular formula is C15H22N2O2. The molecule has 1 saturated heterocycles. The number of benzene rings is 1. The predicted octanol–water partition coefficient (Wildman–Crippen LogP) is 2.25. The van der Waals surface area contributed by atoms with Crippen LogP contribution in [0, 0.1) is 0 Å². The quantitative estimate of drug-likeness (QED) is 0.908. The fraction of sp³-hybridized carbons (Fsp3) is 0.533. The van der Waals surface area contributed by atoms with Crippen LogP contribution in [-0.2, 0) is 16.1 Å². The Hall–Kier alpha value is -1.39. The van der Waals surface area contributed by atoms with Gasteiger partial charge < -0.3 is 10.1 Å². The Labute approximate surface area is 114 Å². The van der Waals surface area contributed by atoms with Crippen molar-refractivity contribution in [2.75, 3.05) is 18.5 Å². The SMILES string of the molecule is CC(=O)Nc1ccccc1CN1C[C@H](C)OC[C@@H]1C. The molecule has 1 aromatic rings. The van der Waals surface area contributed by atoms with Crippen LogP contribution < -0.4 is 5.32 Å². The maximum atomic E-state index is 11.2. The van der Waals surface area contributed by atoms with E-state index in [0.29, 0.717) is 6.04 Å². The highest BCUT2D eigenvalue weighted by Gasteiger charge is 2.23. The zero-order valence-electron chi connectivity index (χ0n) is 11.8. The summed E-state index contributed by atoms with van der Waals surface area (Å²) in [5.74, 6) is -0.0316. The number of nitrogens with zero attached hydrogens (tertiary/aromatic N) is 1. The topological polar surface area (TPSA) is 41.6 Å². The van der Waals surface area contributed by atoms with Crippen molar-refractivity contribution in [3.63, 3.8) is 0 Å². The van der Waals surface area contributed by atoms with E-state index < -0.39 is 0 Å². The number of rotatable bonds is 3. The zero-order chi connectivity index (χ0) is 13.8. The van der Waals surface area contributed by atoms with Crippen LogP contribution >= 0.6 is 0 Å². The van der Waals surface area contributed by atoms with Gasteiger partial charge in [-0.1, -0.05) is 18.2 Å². The smallest absolute Gasteiger partial charge is 0.221 e. The van der Waals surface area contributed by atoms with E-state index in [0.717, 1.165) is 30.9 Å². The van der Waals surface area contributed by atoms with Crippen molar-refractivity contribution in [1.29, 1.82) is 0 Å². The van der Waals surface area contributed by atoms with Crippen LogP contribution in [0.1, 0.15) is 26.3 Å². The predicted molar refractivity (Wildman–Crippen MR) is 76.0 cm³/mol. The van der Waals surface area contributed by atoms with Crippen molar-refractivity contribution in [2.24, 2.45) is 0 Å². The van der Waals surface area contributed by atoms with Crippen molar-refractivity contribution < 1.29 is 9.53 Å². The molecule has 0 radical (unpaired) electrons. The van der Waals surface area contributed by atoms with Crippen LogP contribution in [0.15, 0.2) is 24.3 Å². The summed E-state index contributed by atoms with van der Waals surface area (Å²) in [4.78, 5) is 13.6. The molecule has 1 heterocycles. The molecule has 4 nitrogen and oxygen atoms in total. The van der Waals surface area contributed by atoms with Crippen molar-refractivity contribution in [2.45, 2.75) is 39.5 Å². The van der Waals surface area contributed by atoms with Gasteiger partial charge in [0.1, 0.15) is 0 Å². The standard InChI is InChI=1S/C15H22N2O2/c1-11-10-19-12(2)8-17(11)9-14-6-4-5-7-15(14)16-13(3)18/h4-7,11-12H,8-10H2,1-3H3,(H,16,18)/t11-,12-/m0/s1. The molecule has 1 aliphatic heterocycles. The number of para-hydroxylation sites is 1. The summed E-state index contributed by atoms with van der Waals surface area (Å²) in [6.07, 6.45) is 0.268. The molecule has 4 heteroatoms. The normalized spacial score (nSPS) is 24.2. The van der Waals surface area contributed by atoms with E-state index in [4.69, 9.17) is 4.74 Å². The average Bonchev–Trinajstić information content (AvgIpc) is 2.35. The van der Waals surface area contributed by atoms with Crippen LogP contribution in [-0.4, -0.2) is 36.1 Å². The van der Waals surface area contributed by atoms with E-state index in [9.17, 15) is 4.79 Å². The largest absolute Gasteiger partial charge is 0.376 e. The Morgan fingerprint density at radius 2 is 2.16 bits per heavy atom. The molecule has 1 fully saturated rings. The number of morpholine rings is 1. The zero-order valence-corrected chi connectivity index (χ0v) is 11.8. The minimum absolute atomic E-state index is 0.0316. The third kappa shape index (κ3) is 3.78. The average molecular weight is 262 g/mol. The first-order valence-electron chi connectivity index (χ1n) is 6.77. The highest BCUT2D eigenvalue weighted by atomic mass is 16.5. The lowest BCUT2D eigenvalue weighted by molar-refractivity contribution is -0.114. The second-order valence-electron chi connectivity index (χ2n) is 5.26. The molecule has 0 spiro atoms. The van der Waals surface area contributed by atoms with Gasteiger partial charge in [-0.15, -0.1) is 0 Å². The van der Waals surface area contributed by atoms with Gasteiger partial charge in [0.2, 0.25) is 5.91 Å². The molecule has 0 aromatic heterocycles. The number of hydrogen-bond donors (Lipinski definition) is 1. The van der Waals surface area contributed by atoms with Crippen LogP contribution in [0.2, 0.25) is 0 Å². The van der Waals surface area contributed by atoms with Gasteiger partial charge in [0, 0.05) is 31.7 Å². The molecule has 1 aliphatic rings. The molecule has 2 rings (SSSR count). The number of carbonyl (C=O) groups excluding carboxylic acids is 1. The lowest BCUT2D eigenvalue weighted by Crippen LogP contribution is -2.46. The maximum absolute atomic E-state index is 11.2. The fourth-order valence-electron chi connectivity index (χ4n) is 2.38. The minimum atomic E-state index is -0.0316. The van der Waals surface area contributed by atoms with E-state index in [-0.39, 0.29) is 12.0 Å². The second kappa shape index (κ2) is 6.17. The van der Waals surface area contributed by atoms with Crippen molar-refractivity contribution >= 4 is 11.6 Å². The first-order chi connectivity index (χ1) is 9.06. The lowest BCUT2D eigenvalue weighted by atomic mass is 10.1. The van der Waals surface area contributed by atoms with E-state index in [2.05, 4.69) is 30.1 Å². The second-order valence-corrected chi connectivity index (χ2v) is 5.26. The van der Waals surface area contributed by atoms with E-state index in [1.165, 1.54) is 6.92 Å². The number of carbonyl (C=O) groups is 1. The molecule has 1 N–H and O–H groups in total. The van der Waals surface area contributed by atoms with Crippen molar-refractivity contribution in [1.82, 2.24) is 4.90 Å². The Bertz CT molecular complexity index is 448. The monoisotopic (exact) mass is 262 g/mol. The Morgan fingerprint density at radius 1 is 1.42 bits per heavy atom. The molecule has 0 unspecified atom stereocenters. The van der Waals surface area contributed by atoms with E-state index >= 15 is 0 Å². The first-order valence-corrected chi connectivity index (χ1v) is 6.77. The van der Waals surface area contributed by atoms with Gasteiger partial charge in [-0.05, 0) is 25.5 Å². The number of ether oxygens (including phenoxy) is 1. The Balaban J connectivity index is 2.11. The number of anilines is 1. The highest BCUT2D eigenvalue weighted by Crippen LogP contribution is 2.21. The molecule has 0 aliphatic carbocycles. The summed E-state index contributed by atoms with van der Waals surface area (Å²) in [6, 6.07) is 8.38. The fourth-order valence-corrected chi connectivity index (χ4v) is 2.38. The molecular weight excluding hydrogens is 240 g/mol. The van der Waals surface area contributed by atoms with E-state index in [1.54, 1.807) is 0 Å². The van der Waals surface area contributed by atoms with Gasteiger partial charge in [0.25, 0.3) is 0 Å². The van der Waals surface area contributed by atoms with Crippen LogP contribution in [0.3, 0.4) is 0 Å². The highest BCUT2D eigenvalue weighted by molar-refractivity contribution is 5.89. The van der Waals surface area contributed by atoms with E-state index in [1.807, 2.05) is 18.2 Å². The summed E-state index contributed by atoms with van der Waals surface area (Å²) in [5, 5.41) is 2.89. The van der Waals surface area contributed by atoms with Gasteiger partial charge in [-0.3, -0.25) is 9.69 Å². The number of hydrogen-bond acceptors (Lipinski definition) is 3.